The number of hydrogen-bond acceptors (Lipinski definition) is 4. The zero-order valence-electron chi connectivity index (χ0n) is 10.3. The molecule has 5 nitrogen and oxygen atoms in total. The maximum atomic E-state index is 5.57. The average Bonchev–Trinajstić information content (AvgIpc) is 2.77. The molecule has 0 unspecified atom stereocenters. The van der Waals surface area contributed by atoms with Crippen LogP contribution in [-0.4, -0.2) is 30.5 Å². The van der Waals surface area contributed by atoms with Crippen molar-refractivity contribution in [3.8, 4) is 5.75 Å². The van der Waals surface area contributed by atoms with Crippen LogP contribution in [0.2, 0.25) is 0 Å². The van der Waals surface area contributed by atoms with Gasteiger partial charge in [-0.25, -0.2) is 0 Å². The third-order valence-corrected chi connectivity index (χ3v) is 2.52. The topological polar surface area (TPSA) is 73.2 Å². The van der Waals surface area contributed by atoms with Crippen LogP contribution in [-0.2, 0) is 11.2 Å². The Bertz CT molecular complexity index is 479. The van der Waals surface area contributed by atoms with Crippen LogP contribution in [0.1, 0.15) is 11.3 Å². The Labute approximate surface area is 106 Å². The first-order chi connectivity index (χ1) is 8.78. The van der Waals surface area contributed by atoms with Crippen molar-refractivity contribution < 1.29 is 9.47 Å². The van der Waals surface area contributed by atoms with Gasteiger partial charge in [-0.05, 0) is 17.7 Å². The molecule has 0 spiro atoms. The summed E-state index contributed by atoms with van der Waals surface area (Å²) in [5.74, 6) is 1.43. The number of nitrogens with two attached hydrogens (primary N) is 1. The summed E-state index contributed by atoms with van der Waals surface area (Å²) in [6.45, 7) is 1.15. The number of rotatable bonds is 6. The van der Waals surface area contributed by atoms with Crippen molar-refractivity contribution >= 4 is 5.82 Å². The Morgan fingerprint density at radius 2 is 2.00 bits per heavy atom. The molecule has 0 saturated carbocycles. The highest BCUT2D eigenvalue weighted by molar-refractivity contribution is 5.33. The van der Waals surface area contributed by atoms with E-state index in [9.17, 15) is 0 Å². The summed E-state index contributed by atoms with van der Waals surface area (Å²) in [6.07, 6.45) is 0.756. The van der Waals surface area contributed by atoms with E-state index in [-0.39, 0.29) is 0 Å². The quantitative estimate of drug-likeness (QED) is 0.760. The first-order valence-corrected chi connectivity index (χ1v) is 5.78. The fourth-order valence-electron chi connectivity index (χ4n) is 1.63. The summed E-state index contributed by atoms with van der Waals surface area (Å²) < 4.78 is 10.4. The molecule has 1 aromatic carbocycles. The van der Waals surface area contributed by atoms with Gasteiger partial charge in [-0.2, -0.15) is 5.10 Å². The molecule has 0 saturated heterocycles. The van der Waals surface area contributed by atoms with Gasteiger partial charge in [-0.15, -0.1) is 0 Å². The summed E-state index contributed by atoms with van der Waals surface area (Å²) in [5.41, 5.74) is 7.67. The first kappa shape index (κ1) is 12.4. The van der Waals surface area contributed by atoms with Gasteiger partial charge in [0.25, 0.3) is 0 Å². The molecule has 0 fully saturated rings. The number of aromatic nitrogens is 2. The van der Waals surface area contributed by atoms with E-state index < -0.39 is 0 Å². The zero-order valence-corrected chi connectivity index (χ0v) is 10.3. The fraction of sp³-hybridized carbons (Fsp3) is 0.308. The number of anilines is 1. The SMILES string of the molecule is COCCOc1ccc(Cc2cc(N)[nH]n2)cc1. The number of nitrogens with one attached hydrogen (secondary N) is 1. The van der Waals surface area contributed by atoms with Crippen LogP contribution in [0.15, 0.2) is 30.3 Å². The molecule has 96 valence electrons. The van der Waals surface area contributed by atoms with Crippen molar-refractivity contribution in [3.63, 3.8) is 0 Å². The van der Waals surface area contributed by atoms with E-state index in [0.29, 0.717) is 19.0 Å². The normalized spacial score (nSPS) is 10.5. The number of H-pyrrole nitrogens is 1. The zero-order chi connectivity index (χ0) is 12.8. The van der Waals surface area contributed by atoms with E-state index in [0.717, 1.165) is 17.9 Å². The largest absolute Gasteiger partial charge is 0.491 e. The first-order valence-electron chi connectivity index (χ1n) is 5.78. The van der Waals surface area contributed by atoms with Crippen LogP contribution in [0.25, 0.3) is 0 Å². The van der Waals surface area contributed by atoms with Crippen molar-refractivity contribution in [2.45, 2.75) is 6.42 Å². The Hall–Kier alpha value is -2.01. The molecule has 0 aliphatic rings. The lowest BCUT2D eigenvalue weighted by Gasteiger charge is -2.06. The van der Waals surface area contributed by atoms with E-state index in [4.69, 9.17) is 15.2 Å². The molecule has 3 N–H and O–H groups in total. The maximum absolute atomic E-state index is 5.57. The number of nitrogen functional groups attached to an aromatic ring is 1. The number of hydrogen-bond donors (Lipinski definition) is 2. The van der Waals surface area contributed by atoms with Crippen molar-refractivity contribution in [1.82, 2.24) is 10.2 Å². The minimum absolute atomic E-state index is 0.561. The molecule has 0 aliphatic heterocycles. The van der Waals surface area contributed by atoms with Gasteiger partial charge >= 0.3 is 0 Å². The molecule has 0 aliphatic carbocycles. The summed E-state index contributed by atoms with van der Waals surface area (Å²) in [6, 6.07) is 9.77. The molecule has 2 aromatic rings. The van der Waals surface area contributed by atoms with Crippen molar-refractivity contribution in [2.75, 3.05) is 26.1 Å². The van der Waals surface area contributed by atoms with Crippen LogP contribution in [0.3, 0.4) is 0 Å². The highest BCUT2D eigenvalue weighted by Crippen LogP contribution is 2.15. The monoisotopic (exact) mass is 247 g/mol. The van der Waals surface area contributed by atoms with Gasteiger partial charge in [0.15, 0.2) is 0 Å². The van der Waals surface area contributed by atoms with Gasteiger partial charge < -0.3 is 15.2 Å². The van der Waals surface area contributed by atoms with E-state index in [1.165, 1.54) is 5.56 Å². The number of nitrogens with zero attached hydrogens (tertiary/aromatic N) is 1. The maximum Gasteiger partial charge on any atom is 0.119 e. The molecule has 0 radical (unpaired) electrons. The summed E-state index contributed by atoms with van der Waals surface area (Å²) in [4.78, 5) is 0. The van der Waals surface area contributed by atoms with E-state index >= 15 is 0 Å². The number of aromatic amines is 1. The number of ether oxygens (including phenoxy) is 2. The Morgan fingerprint density at radius 3 is 2.61 bits per heavy atom. The standard InChI is InChI=1S/C13H17N3O2/c1-17-6-7-18-12-4-2-10(3-5-12)8-11-9-13(14)16-15-11/h2-5,9H,6-8H2,1H3,(H3,14,15,16). The molecule has 2 rings (SSSR count). The predicted molar refractivity (Wildman–Crippen MR) is 69.6 cm³/mol. The average molecular weight is 247 g/mol. The van der Waals surface area contributed by atoms with E-state index in [2.05, 4.69) is 10.2 Å². The second-order valence-corrected chi connectivity index (χ2v) is 3.98. The van der Waals surface area contributed by atoms with Crippen LogP contribution < -0.4 is 10.5 Å². The Morgan fingerprint density at radius 1 is 1.22 bits per heavy atom. The second-order valence-electron chi connectivity index (χ2n) is 3.98. The van der Waals surface area contributed by atoms with Crippen LogP contribution >= 0.6 is 0 Å². The van der Waals surface area contributed by atoms with Gasteiger partial charge in [0.2, 0.25) is 0 Å². The molecule has 0 atom stereocenters. The van der Waals surface area contributed by atoms with Crippen LogP contribution in [0.4, 0.5) is 5.82 Å². The van der Waals surface area contributed by atoms with Crippen molar-refractivity contribution in [2.24, 2.45) is 0 Å². The molecular weight excluding hydrogens is 230 g/mol. The van der Waals surface area contributed by atoms with Crippen molar-refractivity contribution in [3.05, 3.63) is 41.6 Å². The second kappa shape index (κ2) is 6.07. The van der Waals surface area contributed by atoms with Gasteiger partial charge in [0.05, 0.1) is 12.3 Å². The lowest BCUT2D eigenvalue weighted by Crippen LogP contribution is -2.04. The predicted octanol–water partition coefficient (Wildman–Crippen LogP) is 1.61. The highest BCUT2D eigenvalue weighted by Gasteiger charge is 2.01. The number of methoxy groups -OCH3 is 1. The van der Waals surface area contributed by atoms with Gasteiger partial charge in [-0.1, -0.05) is 12.1 Å². The molecule has 0 amide bonds. The summed E-state index contributed by atoms with van der Waals surface area (Å²) in [7, 11) is 1.65. The molecule has 1 heterocycles. The Balaban J connectivity index is 1.91. The summed E-state index contributed by atoms with van der Waals surface area (Å²) in [5, 5.41) is 6.82. The van der Waals surface area contributed by atoms with Crippen LogP contribution in [0.5, 0.6) is 5.75 Å². The van der Waals surface area contributed by atoms with Crippen molar-refractivity contribution in [1.29, 1.82) is 0 Å². The van der Waals surface area contributed by atoms with E-state index in [1.807, 2.05) is 30.3 Å². The van der Waals surface area contributed by atoms with E-state index in [1.54, 1.807) is 7.11 Å². The highest BCUT2D eigenvalue weighted by atomic mass is 16.5. The van der Waals surface area contributed by atoms with Gasteiger partial charge in [-0.3, -0.25) is 5.10 Å². The minimum Gasteiger partial charge on any atom is -0.491 e. The molecule has 0 bridgehead atoms. The third kappa shape index (κ3) is 3.49. The lowest BCUT2D eigenvalue weighted by molar-refractivity contribution is 0.146. The molecule has 1 aromatic heterocycles. The smallest absolute Gasteiger partial charge is 0.119 e. The van der Waals surface area contributed by atoms with Crippen LogP contribution in [0, 0.1) is 0 Å². The molecule has 5 heteroatoms. The molecule has 18 heavy (non-hydrogen) atoms. The molecular formula is C13H17N3O2. The summed E-state index contributed by atoms with van der Waals surface area (Å²) >= 11 is 0. The number of benzene rings is 1. The van der Waals surface area contributed by atoms with Gasteiger partial charge in [0.1, 0.15) is 18.2 Å². The lowest BCUT2D eigenvalue weighted by atomic mass is 10.1. The fourth-order valence-corrected chi connectivity index (χ4v) is 1.63. The Kier molecular flexibility index (Phi) is 4.20. The minimum atomic E-state index is 0.561. The third-order valence-electron chi connectivity index (χ3n) is 2.52. The van der Waals surface area contributed by atoms with Gasteiger partial charge in [0, 0.05) is 19.6 Å².